The molecule has 0 aromatic heterocycles. The first-order chi connectivity index (χ1) is 7.74. The van der Waals surface area contributed by atoms with E-state index < -0.39 is 0 Å². The van der Waals surface area contributed by atoms with Crippen LogP contribution in [0.4, 0.5) is 5.69 Å². The van der Waals surface area contributed by atoms with Crippen LogP contribution in [0.1, 0.15) is 12.8 Å². The van der Waals surface area contributed by atoms with Crippen molar-refractivity contribution in [3.63, 3.8) is 0 Å². The van der Waals surface area contributed by atoms with Gasteiger partial charge in [-0.15, -0.1) is 5.11 Å². The fourth-order valence-corrected chi connectivity index (χ4v) is 1.50. The number of hydrogen-bond acceptors (Lipinski definition) is 4. The third-order valence-corrected chi connectivity index (χ3v) is 2.41. The van der Waals surface area contributed by atoms with E-state index in [1.165, 1.54) is 0 Å². The SMILES string of the molecule is O=C1CCN(N=Nc2cccc(O)c2)CC1. The summed E-state index contributed by atoms with van der Waals surface area (Å²) in [6.07, 6.45) is 1.08. The third kappa shape index (κ3) is 2.79. The maximum atomic E-state index is 11.0. The standard InChI is InChI=1S/C11H13N3O2/c15-10-4-6-14(7-5-10)13-12-9-2-1-3-11(16)8-9/h1-3,8,16H,4-7H2. The Morgan fingerprint density at radius 1 is 1.25 bits per heavy atom. The maximum absolute atomic E-state index is 11.0. The van der Waals surface area contributed by atoms with Gasteiger partial charge in [-0.1, -0.05) is 11.3 Å². The minimum absolute atomic E-state index is 0.172. The number of ketones is 1. The number of nitrogens with zero attached hydrogens (tertiary/aromatic N) is 3. The van der Waals surface area contributed by atoms with Gasteiger partial charge in [-0.2, -0.15) is 0 Å². The van der Waals surface area contributed by atoms with Gasteiger partial charge in [0.05, 0.1) is 5.69 Å². The van der Waals surface area contributed by atoms with Crippen molar-refractivity contribution >= 4 is 11.5 Å². The molecule has 0 spiro atoms. The molecular formula is C11H13N3O2. The van der Waals surface area contributed by atoms with E-state index >= 15 is 0 Å². The second-order valence-electron chi connectivity index (χ2n) is 3.70. The second kappa shape index (κ2) is 4.74. The van der Waals surface area contributed by atoms with Gasteiger partial charge in [-0.3, -0.25) is 9.80 Å². The van der Waals surface area contributed by atoms with Gasteiger partial charge in [0.15, 0.2) is 0 Å². The van der Waals surface area contributed by atoms with E-state index in [-0.39, 0.29) is 11.5 Å². The molecule has 1 aliphatic heterocycles. The van der Waals surface area contributed by atoms with Crippen LogP contribution in [0.5, 0.6) is 5.75 Å². The largest absolute Gasteiger partial charge is 0.508 e. The van der Waals surface area contributed by atoms with Gasteiger partial charge in [0.2, 0.25) is 0 Å². The second-order valence-corrected chi connectivity index (χ2v) is 3.70. The summed E-state index contributed by atoms with van der Waals surface area (Å²) in [6, 6.07) is 6.60. The van der Waals surface area contributed by atoms with Gasteiger partial charge in [0, 0.05) is 32.0 Å². The first-order valence-corrected chi connectivity index (χ1v) is 5.21. The number of phenolic OH excluding ortho intramolecular Hbond substituents is 1. The molecule has 1 N–H and O–H groups in total. The Hall–Kier alpha value is -1.91. The molecule has 5 nitrogen and oxygen atoms in total. The van der Waals surface area contributed by atoms with E-state index in [9.17, 15) is 9.90 Å². The van der Waals surface area contributed by atoms with Crippen molar-refractivity contribution in [3.05, 3.63) is 24.3 Å². The molecule has 2 rings (SSSR count). The first kappa shape index (κ1) is 10.6. The van der Waals surface area contributed by atoms with Crippen LogP contribution >= 0.6 is 0 Å². The topological polar surface area (TPSA) is 65.3 Å². The highest BCUT2D eigenvalue weighted by atomic mass is 16.3. The maximum Gasteiger partial charge on any atom is 0.136 e. The van der Waals surface area contributed by atoms with Crippen LogP contribution in [-0.2, 0) is 4.79 Å². The highest BCUT2D eigenvalue weighted by Crippen LogP contribution is 2.19. The quantitative estimate of drug-likeness (QED) is 0.774. The van der Waals surface area contributed by atoms with Crippen LogP contribution in [0.2, 0.25) is 0 Å². The zero-order chi connectivity index (χ0) is 11.4. The fourth-order valence-electron chi connectivity index (χ4n) is 1.50. The summed E-state index contributed by atoms with van der Waals surface area (Å²) in [5, 5.41) is 19.0. The van der Waals surface area contributed by atoms with Crippen LogP contribution in [0.3, 0.4) is 0 Å². The van der Waals surface area contributed by atoms with E-state index in [0.717, 1.165) is 0 Å². The molecule has 0 bridgehead atoms. The van der Waals surface area contributed by atoms with Gasteiger partial charge >= 0.3 is 0 Å². The molecule has 84 valence electrons. The molecule has 16 heavy (non-hydrogen) atoms. The number of rotatable bonds is 2. The van der Waals surface area contributed by atoms with E-state index in [1.54, 1.807) is 29.3 Å². The zero-order valence-electron chi connectivity index (χ0n) is 8.83. The molecule has 5 heteroatoms. The minimum Gasteiger partial charge on any atom is -0.508 e. The van der Waals surface area contributed by atoms with Gasteiger partial charge < -0.3 is 5.11 Å². The number of piperidine rings is 1. The Labute approximate surface area is 93.4 Å². The molecule has 1 aromatic carbocycles. The van der Waals surface area contributed by atoms with Crippen molar-refractivity contribution < 1.29 is 9.90 Å². The molecule has 0 amide bonds. The number of Topliss-reactive ketones (excluding diaryl/α,β-unsaturated/α-hetero) is 1. The normalized spacial score (nSPS) is 17.0. The van der Waals surface area contributed by atoms with Gasteiger partial charge in [0.1, 0.15) is 11.5 Å². The van der Waals surface area contributed by atoms with Crippen molar-refractivity contribution in [1.82, 2.24) is 5.01 Å². The lowest BCUT2D eigenvalue weighted by molar-refractivity contribution is -0.121. The number of aromatic hydroxyl groups is 1. The molecule has 0 radical (unpaired) electrons. The lowest BCUT2D eigenvalue weighted by Gasteiger charge is -2.20. The number of phenols is 1. The van der Waals surface area contributed by atoms with Gasteiger partial charge in [-0.05, 0) is 12.1 Å². The Kier molecular flexibility index (Phi) is 3.14. The highest BCUT2D eigenvalue weighted by Gasteiger charge is 2.14. The van der Waals surface area contributed by atoms with Gasteiger partial charge in [-0.25, -0.2) is 0 Å². The summed E-state index contributed by atoms with van der Waals surface area (Å²) in [6.45, 7) is 1.25. The minimum atomic E-state index is 0.172. The first-order valence-electron chi connectivity index (χ1n) is 5.21. The zero-order valence-corrected chi connectivity index (χ0v) is 8.83. The van der Waals surface area contributed by atoms with Crippen LogP contribution in [0.15, 0.2) is 34.6 Å². The molecule has 0 atom stereocenters. The summed E-state index contributed by atoms with van der Waals surface area (Å²) in [7, 11) is 0. The molecule has 1 aliphatic rings. The number of carbonyl (C=O) groups excluding carboxylic acids is 1. The molecule has 0 unspecified atom stereocenters. The summed E-state index contributed by atoms with van der Waals surface area (Å²) in [4.78, 5) is 11.0. The van der Waals surface area contributed by atoms with Crippen molar-refractivity contribution in [2.75, 3.05) is 13.1 Å². The number of carbonyl (C=O) groups is 1. The predicted molar refractivity (Wildman–Crippen MR) is 58.4 cm³/mol. The van der Waals surface area contributed by atoms with Crippen LogP contribution in [-0.4, -0.2) is 29.0 Å². The summed E-state index contributed by atoms with van der Waals surface area (Å²) < 4.78 is 0. The smallest absolute Gasteiger partial charge is 0.136 e. The van der Waals surface area contributed by atoms with E-state index in [4.69, 9.17) is 0 Å². The highest BCUT2D eigenvalue weighted by molar-refractivity contribution is 5.79. The average molecular weight is 219 g/mol. The summed E-state index contributed by atoms with van der Waals surface area (Å²) in [5.41, 5.74) is 0.608. The molecule has 0 saturated carbocycles. The van der Waals surface area contributed by atoms with Gasteiger partial charge in [0.25, 0.3) is 0 Å². The molecule has 1 aromatic rings. The van der Waals surface area contributed by atoms with Crippen molar-refractivity contribution in [1.29, 1.82) is 0 Å². The van der Waals surface area contributed by atoms with Crippen LogP contribution in [0, 0.1) is 0 Å². The van der Waals surface area contributed by atoms with Crippen LogP contribution < -0.4 is 0 Å². The number of benzene rings is 1. The Morgan fingerprint density at radius 2 is 2.00 bits per heavy atom. The van der Waals surface area contributed by atoms with E-state index in [1.807, 2.05) is 0 Å². The lowest BCUT2D eigenvalue weighted by Crippen LogP contribution is -2.29. The van der Waals surface area contributed by atoms with E-state index in [2.05, 4.69) is 10.3 Å². The number of hydrogen-bond donors (Lipinski definition) is 1. The Balaban J connectivity index is 1.96. The average Bonchev–Trinajstić information content (AvgIpc) is 2.28. The summed E-state index contributed by atoms with van der Waals surface area (Å²) >= 11 is 0. The molecule has 1 saturated heterocycles. The molecular weight excluding hydrogens is 206 g/mol. The monoisotopic (exact) mass is 219 g/mol. The fraction of sp³-hybridized carbons (Fsp3) is 0.364. The van der Waals surface area contributed by atoms with Crippen molar-refractivity contribution in [2.24, 2.45) is 10.3 Å². The lowest BCUT2D eigenvalue weighted by atomic mass is 10.1. The Morgan fingerprint density at radius 3 is 2.69 bits per heavy atom. The predicted octanol–water partition coefficient (Wildman–Crippen LogP) is 2.06. The van der Waals surface area contributed by atoms with E-state index in [0.29, 0.717) is 31.6 Å². The molecule has 1 heterocycles. The third-order valence-electron chi connectivity index (χ3n) is 2.41. The Bertz CT molecular complexity index is 407. The van der Waals surface area contributed by atoms with Crippen molar-refractivity contribution in [2.45, 2.75) is 12.8 Å². The van der Waals surface area contributed by atoms with Crippen LogP contribution in [0.25, 0.3) is 0 Å². The molecule has 1 fully saturated rings. The summed E-state index contributed by atoms with van der Waals surface area (Å²) in [5.74, 6) is 0.453. The van der Waals surface area contributed by atoms with Crippen molar-refractivity contribution in [3.8, 4) is 5.75 Å². The molecule has 0 aliphatic carbocycles.